The lowest BCUT2D eigenvalue weighted by atomic mass is 10.1. The molecule has 1 aliphatic heterocycles. The zero-order valence-corrected chi connectivity index (χ0v) is 20.3. The number of carbonyl (C=O) groups excluding carboxylic acids is 1. The third kappa shape index (κ3) is 5.02. The van der Waals surface area contributed by atoms with Gasteiger partial charge < -0.3 is 18.9 Å². The molecule has 1 fully saturated rings. The molecule has 0 N–H and O–H groups in total. The van der Waals surface area contributed by atoms with Crippen molar-refractivity contribution in [1.29, 1.82) is 0 Å². The van der Waals surface area contributed by atoms with Gasteiger partial charge in [0.15, 0.2) is 0 Å². The molecule has 5 rings (SSSR count). The van der Waals surface area contributed by atoms with E-state index in [2.05, 4.69) is 29.7 Å². The molecule has 0 bridgehead atoms. The maximum Gasteiger partial charge on any atom is 0.227 e. The quantitative estimate of drug-likeness (QED) is 0.294. The Kier molecular flexibility index (Phi) is 6.70. The lowest BCUT2D eigenvalue weighted by Gasteiger charge is -2.18. The Morgan fingerprint density at radius 3 is 2.60 bits per heavy atom. The number of nitrogens with zero attached hydrogens (tertiary/aromatic N) is 3. The second kappa shape index (κ2) is 10.2. The minimum atomic E-state index is 0.0409. The minimum Gasteiger partial charge on any atom is -0.494 e. The molecule has 3 aromatic carbocycles. The highest BCUT2D eigenvalue weighted by Gasteiger charge is 2.34. The van der Waals surface area contributed by atoms with Gasteiger partial charge in [-0.1, -0.05) is 24.3 Å². The lowest BCUT2D eigenvalue weighted by molar-refractivity contribution is -0.117. The predicted molar refractivity (Wildman–Crippen MR) is 138 cm³/mol. The molecule has 1 aliphatic rings. The molecule has 6 nitrogen and oxygen atoms in total. The van der Waals surface area contributed by atoms with Crippen LogP contribution >= 0.6 is 0 Å². The van der Waals surface area contributed by atoms with Gasteiger partial charge in [-0.05, 0) is 74.4 Å². The summed E-state index contributed by atoms with van der Waals surface area (Å²) in [4.78, 5) is 19.8. The number of fused-ring (bicyclic) bond motifs is 1. The fraction of sp³-hybridized carbons (Fsp3) is 0.310. The summed E-state index contributed by atoms with van der Waals surface area (Å²) in [7, 11) is 0. The van der Waals surface area contributed by atoms with E-state index in [-0.39, 0.29) is 11.8 Å². The Labute approximate surface area is 206 Å². The number of aryl methyl sites for hydroxylation is 2. The van der Waals surface area contributed by atoms with Gasteiger partial charge in [-0.2, -0.15) is 0 Å². The molecule has 2 heterocycles. The molecule has 0 aliphatic carbocycles. The number of benzene rings is 3. The van der Waals surface area contributed by atoms with Gasteiger partial charge in [-0.25, -0.2) is 4.98 Å². The second-order valence-electron chi connectivity index (χ2n) is 8.96. The summed E-state index contributed by atoms with van der Waals surface area (Å²) in [5, 5.41) is 0. The van der Waals surface area contributed by atoms with Crippen LogP contribution in [0, 0.1) is 6.92 Å². The molecule has 180 valence electrons. The summed E-state index contributed by atoms with van der Waals surface area (Å²) >= 11 is 0. The third-order valence-corrected chi connectivity index (χ3v) is 6.42. The molecule has 1 atom stereocenters. The van der Waals surface area contributed by atoms with Crippen molar-refractivity contribution in [3.05, 3.63) is 84.2 Å². The van der Waals surface area contributed by atoms with Crippen LogP contribution in [0.15, 0.2) is 72.8 Å². The summed E-state index contributed by atoms with van der Waals surface area (Å²) in [6.45, 7) is 6.68. The molecule has 0 unspecified atom stereocenters. The van der Waals surface area contributed by atoms with E-state index < -0.39 is 0 Å². The number of ether oxygens (including phenoxy) is 2. The Hall–Kier alpha value is -3.80. The molecule has 1 aromatic heterocycles. The monoisotopic (exact) mass is 469 g/mol. The van der Waals surface area contributed by atoms with Gasteiger partial charge in [0.2, 0.25) is 5.91 Å². The maximum absolute atomic E-state index is 13.0. The van der Waals surface area contributed by atoms with Crippen molar-refractivity contribution in [2.75, 3.05) is 24.7 Å². The van der Waals surface area contributed by atoms with Crippen LogP contribution in [0.4, 0.5) is 5.69 Å². The molecule has 0 saturated carbocycles. The average molecular weight is 470 g/mol. The molecular formula is C29H31N3O3. The molecule has 35 heavy (non-hydrogen) atoms. The molecular weight excluding hydrogens is 438 g/mol. The third-order valence-electron chi connectivity index (χ3n) is 6.42. The maximum atomic E-state index is 13.0. The fourth-order valence-corrected chi connectivity index (χ4v) is 4.78. The number of aromatic nitrogens is 2. The zero-order chi connectivity index (χ0) is 24.2. The lowest BCUT2D eigenvalue weighted by Crippen LogP contribution is -2.24. The number of para-hydroxylation sites is 2. The number of amides is 1. The van der Waals surface area contributed by atoms with Crippen LogP contribution < -0.4 is 14.4 Å². The van der Waals surface area contributed by atoms with E-state index in [0.717, 1.165) is 47.0 Å². The summed E-state index contributed by atoms with van der Waals surface area (Å²) in [5.74, 6) is 2.85. The minimum absolute atomic E-state index is 0.0409. The highest BCUT2D eigenvalue weighted by atomic mass is 16.5. The molecule has 6 heteroatoms. The SMILES string of the molecule is CCOc1ccc(N2C[C@@H](c3nc4ccccc4n3CCCOc3cccc(C)c3)CC2=O)cc1. The normalized spacial score (nSPS) is 15.7. The first-order valence-corrected chi connectivity index (χ1v) is 12.3. The number of rotatable bonds is 9. The van der Waals surface area contributed by atoms with Crippen LogP contribution in [0.25, 0.3) is 11.0 Å². The van der Waals surface area contributed by atoms with Crippen molar-refractivity contribution in [2.45, 2.75) is 39.2 Å². The Balaban J connectivity index is 1.32. The fourth-order valence-electron chi connectivity index (χ4n) is 4.78. The van der Waals surface area contributed by atoms with Crippen LogP contribution in [0.1, 0.15) is 37.1 Å². The van der Waals surface area contributed by atoms with Crippen molar-refractivity contribution in [3.8, 4) is 11.5 Å². The highest BCUT2D eigenvalue weighted by Crippen LogP contribution is 2.34. The van der Waals surface area contributed by atoms with Gasteiger partial charge in [0.25, 0.3) is 0 Å². The van der Waals surface area contributed by atoms with E-state index in [1.165, 1.54) is 5.56 Å². The van der Waals surface area contributed by atoms with Gasteiger partial charge in [0, 0.05) is 31.1 Å². The van der Waals surface area contributed by atoms with Crippen molar-refractivity contribution in [3.63, 3.8) is 0 Å². The summed E-state index contributed by atoms with van der Waals surface area (Å²) < 4.78 is 13.8. The topological polar surface area (TPSA) is 56.6 Å². The van der Waals surface area contributed by atoms with Crippen LogP contribution in [0.3, 0.4) is 0 Å². The van der Waals surface area contributed by atoms with E-state index in [4.69, 9.17) is 14.5 Å². The molecule has 4 aromatic rings. The van der Waals surface area contributed by atoms with Crippen LogP contribution in [-0.2, 0) is 11.3 Å². The summed E-state index contributed by atoms with van der Waals surface area (Å²) in [5.41, 5.74) is 4.16. The standard InChI is InChI=1S/C29H31N3O3/c1-3-34-24-14-12-23(13-15-24)32-20-22(19-28(32)33)29-30-26-10-4-5-11-27(26)31(29)16-7-17-35-25-9-6-8-21(2)18-25/h4-6,8-15,18,22H,3,7,16-17,19-20H2,1-2H3/t22-/m0/s1. The zero-order valence-electron chi connectivity index (χ0n) is 20.3. The van der Waals surface area contributed by atoms with E-state index >= 15 is 0 Å². The first-order valence-electron chi connectivity index (χ1n) is 12.3. The summed E-state index contributed by atoms with van der Waals surface area (Å²) in [6.07, 6.45) is 1.31. The van der Waals surface area contributed by atoms with E-state index in [1.54, 1.807) is 0 Å². The van der Waals surface area contributed by atoms with Crippen molar-refractivity contribution in [1.82, 2.24) is 9.55 Å². The Morgan fingerprint density at radius 2 is 1.80 bits per heavy atom. The van der Waals surface area contributed by atoms with Crippen molar-refractivity contribution >= 4 is 22.6 Å². The van der Waals surface area contributed by atoms with Gasteiger partial charge in [-0.15, -0.1) is 0 Å². The van der Waals surface area contributed by atoms with Crippen LogP contribution in [-0.4, -0.2) is 35.2 Å². The van der Waals surface area contributed by atoms with Gasteiger partial charge in [0.1, 0.15) is 17.3 Å². The number of anilines is 1. The Bertz CT molecular complexity index is 1310. The van der Waals surface area contributed by atoms with Gasteiger partial charge >= 0.3 is 0 Å². The second-order valence-corrected chi connectivity index (χ2v) is 8.96. The van der Waals surface area contributed by atoms with Crippen molar-refractivity contribution < 1.29 is 14.3 Å². The molecule has 0 spiro atoms. The molecule has 1 amide bonds. The summed E-state index contributed by atoms with van der Waals surface area (Å²) in [6, 6.07) is 24.1. The van der Waals surface area contributed by atoms with E-state index in [1.807, 2.05) is 66.4 Å². The first kappa shape index (κ1) is 23.0. The first-order chi connectivity index (χ1) is 17.1. The van der Waals surface area contributed by atoms with Crippen molar-refractivity contribution in [2.24, 2.45) is 0 Å². The number of imidazole rings is 1. The van der Waals surface area contributed by atoms with Crippen LogP contribution in [0.5, 0.6) is 11.5 Å². The molecule has 1 saturated heterocycles. The van der Waals surface area contributed by atoms with Gasteiger partial charge in [-0.3, -0.25) is 4.79 Å². The number of hydrogen-bond donors (Lipinski definition) is 0. The van der Waals surface area contributed by atoms with Crippen LogP contribution in [0.2, 0.25) is 0 Å². The molecule has 0 radical (unpaired) electrons. The predicted octanol–water partition coefficient (Wildman–Crippen LogP) is 5.73. The number of hydrogen-bond acceptors (Lipinski definition) is 4. The Morgan fingerprint density at radius 1 is 0.971 bits per heavy atom. The largest absolute Gasteiger partial charge is 0.494 e. The van der Waals surface area contributed by atoms with E-state index in [9.17, 15) is 4.79 Å². The van der Waals surface area contributed by atoms with E-state index in [0.29, 0.717) is 26.2 Å². The number of carbonyl (C=O) groups is 1. The van der Waals surface area contributed by atoms with Gasteiger partial charge in [0.05, 0.1) is 24.2 Å². The smallest absolute Gasteiger partial charge is 0.227 e. The average Bonchev–Trinajstić information content (AvgIpc) is 3.43. The highest BCUT2D eigenvalue weighted by molar-refractivity contribution is 5.96.